The molecule has 0 amide bonds. The van der Waals surface area contributed by atoms with Crippen molar-refractivity contribution in [1.82, 2.24) is 10.6 Å². The lowest BCUT2D eigenvalue weighted by atomic mass is 10.3. The van der Waals surface area contributed by atoms with E-state index in [0.717, 1.165) is 32.7 Å². The Hall–Kier alpha value is -0.120. The quantitative estimate of drug-likeness (QED) is 0.525. The molecule has 1 atom stereocenters. The molecule has 86 valence electrons. The van der Waals surface area contributed by atoms with E-state index in [1.165, 1.54) is 12.8 Å². The van der Waals surface area contributed by atoms with Crippen LogP contribution in [-0.4, -0.2) is 39.4 Å². The van der Waals surface area contributed by atoms with Crippen LogP contribution in [-0.2, 0) is 4.74 Å². The van der Waals surface area contributed by atoms with Crippen molar-refractivity contribution in [1.29, 1.82) is 0 Å². The highest BCUT2D eigenvalue weighted by Crippen LogP contribution is 1.88. The van der Waals surface area contributed by atoms with E-state index in [0.29, 0.717) is 6.04 Å². The standard InChI is InChI=1S/C11H26N2O/c1-4-7-12-10-11(2)13-8-5-6-9-14-3/h11-13H,4-10H2,1-3H3. The molecule has 0 radical (unpaired) electrons. The summed E-state index contributed by atoms with van der Waals surface area (Å²) in [5.74, 6) is 0. The molecular formula is C11H26N2O. The predicted molar refractivity (Wildman–Crippen MR) is 61.7 cm³/mol. The molecule has 3 nitrogen and oxygen atoms in total. The van der Waals surface area contributed by atoms with Gasteiger partial charge in [-0.15, -0.1) is 0 Å². The highest BCUT2D eigenvalue weighted by atomic mass is 16.5. The summed E-state index contributed by atoms with van der Waals surface area (Å²) in [4.78, 5) is 0. The molecule has 0 aliphatic heterocycles. The van der Waals surface area contributed by atoms with Crippen molar-refractivity contribution in [2.45, 2.75) is 39.2 Å². The maximum atomic E-state index is 4.99. The van der Waals surface area contributed by atoms with Crippen LogP contribution in [0.2, 0.25) is 0 Å². The maximum Gasteiger partial charge on any atom is 0.0462 e. The molecule has 2 N–H and O–H groups in total. The summed E-state index contributed by atoms with van der Waals surface area (Å²) in [6, 6.07) is 0.573. The molecule has 1 unspecified atom stereocenters. The van der Waals surface area contributed by atoms with Gasteiger partial charge in [0, 0.05) is 26.3 Å². The van der Waals surface area contributed by atoms with Crippen molar-refractivity contribution in [2.75, 3.05) is 33.4 Å². The zero-order chi connectivity index (χ0) is 10.6. The van der Waals surface area contributed by atoms with Crippen molar-refractivity contribution in [2.24, 2.45) is 0 Å². The third kappa shape index (κ3) is 9.96. The summed E-state index contributed by atoms with van der Waals surface area (Å²) in [6.07, 6.45) is 3.56. The lowest BCUT2D eigenvalue weighted by Gasteiger charge is -2.14. The van der Waals surface area contributed by atoms with Crippen molar-refractivity contribution in [3.05, 3.63) is 0 Å². The lowest BCUT2D eigenvalue weighted by Crippen LogP contribution is -2.37. The number of unbranched alkanes of at least 4 members (excludes halogenated alkanes) is 1. The van der Waals surface area contributed by atoms with Crippen molar-refractivity contribution < 1.29 is 4.74 Å². The van der Waals surface area contributed by atoms with Crippen molar-refractivity contribution >= 4 is 0 Å². The number of hydrogen-bond donors (Lipinski definition) is 2. The first-order valence-corrected chi connectivity index (χ1v) is 5.74. The predicted octanol–water partition coefficient (Wildman–Crippen LogP) is 1.39. The minimum atomic E-state index is 0.573. The molecule has 0 bridgehead atoms. The monoisotopic (exact) mass is 202 g/mol. The Bertz CT molecular complexity index is 109. The smallest absolute Gasteiger partial charge is 0.0462 e. The van der Waals surface area contributed by atoms with Gasteiger partial charge in [0.15, 0.2) is 0 Å². The molecule has 14 heavy (non-hydrogen) atoms. The third-order valence-corrected chi connectivity index (χ3v) is 2.15. The minimum Gasteiger partial charge on any atom is -0.385 e. The first-order valence-electron chi connectivity index (χ1n) is 5.74. The molecule has 0 saturated heterocycles. The molecule has 0 aromatic rings. The Balaban J connectivity index is 3.06. The molecule has 0 spiro atoms. The van der Waals surface area contributed by atoms with E-state index in [-0.39, 0.29) is 0 Å². The average molecular weight is 202 g/mol. The zero-order valence-electron chi connectivity index (χ0n) is 9.94. The maximum absolute atomic E-state index is 4.99. The van der Waals surface area contributed by atoms with Gasteiger partial charge in [0.05, 0.1) is 0 Å². The zero-order valence-corrected chi connectivity index (χ0v) is 9.94. The Morgan fingerprint density at radius 3 is 2.64 bits per heavy atom. The summed E-state index contributed by atoms with van der Waals surface area (Å²) >= 11 is 0. The second kappa shape index (κ2) is 11.0. The molecule has 0 saturated carbocycles. The fourth-order valence-electron chi connectivity index (χ4n) is 1.29. The second-order valence-corrected chi connectivity index (χ2v) is 3.76. The van der Waals surface area contributed by atoms with Gasteiger partial charge in [-0.3, -0.25) is 0 Å². The third-order valence-electron chi connectivity index (χ3n) is 2.15. The Labute approximate surface area is 88.6 Å². The highest BCUT2D eigenvalue weighted by molar-refractivity contribution is 4.63. The molecule has 0 aliphatic rings. The van der Waals surface area contributed by atoms with E-state index in [1.807, 2.05) is 0 Å². The summed E-state index contributed by atoms with van der Waals surface area (Å²) in [5, 5.41) is 6.88. The summed E-state index contributed by atoms with van der Waals surface area (Å²) in [7, 11) is 1.75. The topological polar surface area (TPSA) is 33.3 Å². The van der Waals surface area contributed by atoms with Crippen LogP contribution < -0.4 is 10.6 Å². The number of nitrogens with one attached hydrogen (secondary N) is 2. The SMILES string of the molecule is CCCNCC(C)NCCCCOC. The fraction of sp³-hybridized carbons (Fsp3) is 1.00. The van der Waals surface area contributed by atoms with Crippen molar-refractivity contribution in [3.8, 4) is 0 Å². The van der Waals surface area contributed by atoms with Gasteiger partial charge in [-0.05, 0) is 39.3 Å². The van der Waals surface area contributed by atoms with Crippen LogP contribution in [0, 0.1) is 0 Å². The van der Waals surface area contributed by atoms with E-state index in [4.69, 9.17) is 4.74 Å². The molecular weight excluding hydrogens is 176 g/mol. The van der Waals surface area contributed by atoms with Gasteiger partial charge < -0.3 is 15.4 Å². The number of rotatable bonds is 10. The van der Waals surface area contributed by atoms with Gasteiger partial charge in [0.1, 0.15) is 0 Å². The molecule has 0 aromatic heterocycles. The van der Waals surface area contributed by atoms with E-state index >= 15 is 0 Å². The van der Waals surface area contributed by atoms with Gasteiger partial charge in [-0.1, -0.05) is 6.92 Å². The molecule has 0 aromatic carbocycles. The van der Waals surface area contributed by atoms with E-state index in [9.17, 15) is 0 Å². The fourth-order valence-corrected chi connectivity index (χ4v) is 1.29. The molecule has 3 heteroatoms. The number of ether oxygens (including phenoxy) is 1. The van der Waals surface area contributed by atoms with Crippen LogP contribution in [0.5, 0.6) is 0 Å². The van der Waals surface area contributed by atoms with Crippen LogP contribution in [0.1, 0.15) is 33.1 Å². The molecule has 0 rings (SSSR count). The summed E-state index contributed by atoms with van der Waals surface area (Å²) < 4.78 is 4.99. The van der Waals surface area contributed by atoms with Gasteiger partial charge in [0.25, 0.3) is 0 Å². The largest absolute Gasteiger partial charge is 0.385 e. The number of hydrogen-bond acceptors (Lipinski definition) is 3. The number of methoxy groups -OCH3 is 1. The van der Waals surface area contributed by atoms with Gasteiger partial charge >= 0.3 is 0 Å². The van der Waals surface area contributed by atoms with Crippen LogP contribution in [0.15, 0.2) is 0 Å². The van der Waals surface area contributed by atoms with Gasteiger partial charge in [0.2, 0.25) is 0 Å². The minimum absolute atomic E-state index is 0.573. The van der Waals surface area contributed by atoms with E-state index in [2.05, 4.69) is 24.5 Å². The van der Waals surface area contributed by atoms with Gasteiger partial charge in [-0.2, -0.15) is 0 Å². The normalized spacial score (nSPS) is 13.1. The van der Waals surface area contributed by atoms with Crippen LogP contribution in [0.25, 0.3) is 0 Å². The van der Waals surface area contributed by atoms with Crippen LogP contribution in [0.3, 0.4) is 0 Å². The first kappa shape index (κ1) is 13.9. The van der Waals surface area contributed by atoms with Crippen molar-refractivity contribution in [3.63, 3.8) is 0 Å². The Morgan fingerprint density at radius 2 is 2.00 bits per heavy atom. The summed E-state index contributed by atoms with van der Waals surface area (Å²) in [5.41, 5.74) is 0. The highest BCUT2D eigenvalue weighted by Gasteiger charge is 1.98. The Morgan fingerprint density at radius 1 is 1.21 bits per heavy atom. The average Bonchev–Trinajstić information content (AvgIpc) is 2.18. The molecule has 0 aliphatic carbocycles. The van der Waals surface area contributed by atoms with Crippen LogP contribution >= 0.6 is 0 Å². The molecule has 0 fully saturated rings. The second-order valence-electron chi connectivity index (χ2n) is 3.76. The van der Waals surface area contributed by atoms with E-state index in [1.54, 1.807) is 7.11 Å². The first-order chi connectivity index (χ1) is 6.81. The van der Waals surface area contributed by atoms with Crippen LogP contribution in [0.4, 0.5) is 0 Å². The summed E-state index contributed by atoms with van der Waals surface area (Å²) in [6.45, 7) is 8.57. The lowest BCUT2D eigenvalue weighted by molar-refractivity contribution is 0.192. The van der Waals surface area contributed by atoms with E-state index < -0.39 is 0 Å². The Kier molecular flexibility index (Phi) is 10.9. The van der Waals surface area contributed by atoms with Gasteiger partial charge in [-0.25, -0.2) is 0 Å². The molecule has 0 heterocycles.